The molecule has 4 rings (SSSR count). The van der Waals surface area contributed by atoms with Crippen LogP contribution in [-0.4, -0.2) is 12.5 Å². The van der Waals surface area contributed by atoms with Crippen LogP contribution in [0.4, 0.5) is 0 Å². The lowest BCUT2D eigenvalue weighted by molar-refractivity contribution is -0.123. The highest BCUT2D eigenvalue weighted by Gasteiger charge is 2.23. The zero-order valence-electron chi connectivity index (χ0n) is 13.4. The normalized spacial score (nSPS) is 15.9. The molecule has 0 saturated heterocycles. The van der Waals surface area contributed by atoms with Gasteiger partial charge in [-0.25, -0.2) is 0 Å². The maximum Gasteiger partial charge on any atom is 0.258 e. The number of aryl methyl sites for hydroxylation is 1. The Balaban J connectivity index is 1.42. The monoisotopic (exact) mass is 317 g/mol. The Kier molecular flexibility index (Phi) is 3.91. The maximum atomic E-state index is 12.3. The fourth-order valence-corrected chi connectivity index (χ4v) is 3.41. The number of carbonyl (C=O) groups excluding carboxylic acids is 1. The van der Waals surface area contributed by atoms with Crippen LogP contribution in [-0.2, 0) is 11.2 Å². The molecule has 1 unspecified atom stereocenters. The van der Waals surface area contributed by atoms with Crippen molar-refractivity contribution >= 4 is 16.7 Å². The molecule has 120 valence electrons. The van der Waals surface area contributed by atoms with E-state index in [1.807, 2.05) is 54.6 Å². The van der Waals surface area contributed by atoms with Gasteiger partial charge in [-0.3, -0.25) is 4.79 Å². The van der Waals surface area contributed by atoms with Gasteiger partial charge in [0.25, 0.3) is 5.91 Å². The van der Waals surface area contributed by atoms with E-state index in [1.165, 1.54) is 11.1 Å². The molecule has 3 aromatic carbocycles. The molecule has 1 aliphatic rings. The van der Waals surface area contributed by atoms with Crippen molar-refractivity contribution in [3.8, 4) is 5.75 Å². The van der Waals surface area contributed by atoms with Gasteiger partial charge < -0.3 is 10.1 Å². The largest absolute Gasteiger partial charge is 0.483 e. The number of amides is 1. The highest BCUT2D eigenvalue weighted by Crippen LogP contribution is 2.30. The lowest BCUT2D eigenvalue weighted by Gasteiger charge is -2.15. The Morgan fingerprint density at radius 2 is 1.79 bits per heavy atom. The first-order valence-electron chi connectivity index (χ1n) is 8.29. The summed E-state index contributed by atoms with van der Waals surface area (Å²) in [7, 11) is 0. The van der Waals surface area contributed by atoms with Crippen molar-refractivity contribution < 1.29 is 9.53 Å². The molecule has 3 aromatic rings. The van der Waals surface area contributed by atoms with Crippen LogP contribution in [0.15, 0.2) is 66.7 Å². The lowest BCUT2D eigenvalue weighted by atomic mass is 10.1. The van der Waals surface area contributed by atoms with Crippen molar-refractivity contribution in [2.75, 3.05) is 6.61 Å². The molecule has 0 bridgehead atoms. The third-order valence-corrected chi connectivity index (χ3v) is 4.58. The summed E-state index contributed by atoms with van der Waals surface area (Å²) in [5.74, 6) is 0.666. The summed E-state index contributed by atoms with van der Waals surface area (Å²) in [4.78, 5) is 12.3. The molecular formula is C21H19NO2. The summed E-state index contributed by atoms with van der Waals surface area (Å²) in [6.45, 7) is 0.0344. The molecule has 0 fully saturated rings. The minimum atomic E-state index is -0.0790. The Labute approximate surface area is 141 Å². The molecular weight excluding hydrogens is 298 g/mol. The van der Waals surface area contributed by atoms with Crippen molar-refractivity contribution in [1.29, 1.82) is 0 Å². The van der Waals surface area contributed by atoms with Gasteiger partial charge in [-0.2, -0.15) is 0 Å². The molecule has 1 N–H and O–H groups in total. The van der Waals surface area contributed by atoms with Gasteiger partial charge >= 0.3 is 0 Å². The predicted octanol–water partition coefficient (Wildman–Crippen LogP) is 4.02. The molecule has 3 nitrogen and oxygen atoms in total. The standard InChI is InChI=1S/C21H19NO2/c23-21(22-19-13-12-16-7-1-3-9-17(16)19)14-24-20-11-5-8-15-6-2-4-10-18(15)20/h1-11,19H,12-14H2,(H,22,23). The minimum Gasteiger partial charge on any atom is -0.483 e. The average Bonchev–Trinajstić information content (AvgIpc) is 3.03. The number of carbonyl (C=O) groups is 1. The third-order valence-electron chi connectivity index (χ3n) is 4.58. The topological polar surface area (TPSA) is 38.3 Å². The molecule has 0 saturated carbocycles. The zero-order chi connectivity index (χ0) is 16.4. The van der Waals surface area contributed by atoms with Crippen molar-refractivity contribution in [3.63, 3.8) is 0 Å². The molecule has 1 amide bonds. The first kappa shape index (κ1) is 14.8. The highest BCUT2D eigenvalue weighted by atomic mass is 16.5. The third kappa shape index (κ3) is 2.85. The van der Waals surface area contributed by atoms with Crippen LogP contribution in [0.5, 0.6) is 5.75 Å². The van der Waals surface area contributed by atoms with E-state index in [1.54, 1.807) is 0 Å². The van der Waals surface area contributed by atoms with E-state index in [9.17, 15) is 4.79 Å². The smallest absolute Gasteiger partial charge is 0.258 e. The van der Waals surface area contributed by atoms with Crippen molar-refractivity contribution in [2.45, 2.75) is 18.9 Å². The number of hydrogen-bond acceptors (Lipinski definition) is 2. The van der Waals surface area contributed by atoms with E-state index in [4.69, 9.17) is 4.74 Å². The molecule has 24 heavy (non-hydrogen) atoms. The molecule has 0 spiro atoms. The molecule has 0 radical (unpaired) electrons. The Morgan fingerprint density at radius 1 is 1.00 bits per heavy atom. The second kappa shape index (κ2) is 6.36. The van der Waals surface area contributed by atoms with Crippen LogP contribution in [0.1, 0.15) is 23.6 Å². The van der Waals surface area contributed by atoms with Gasteiger partial charge in [0.05, 0.1) is 6.04 Å². The highest BCUT2D eigenvalue weighted by molar-refractivity contribution is 5.88. The molecule has 1 atom stereocenters. The molecule has 1 aliphatic carbocycles. The van der Waals surface area contributed by atoms with Gasteiger partial charge in [0.1, 0.15) is 5.75 Å². The second-order valence-electron chi connectivity index (χ2n) is 6.12. The fourth-order valence-electron chi connectivity index (χ4n) is 3.41. The fraction of sp³-hybridized carbons (Fsp3) is 0.190. The summed E-state index contributed by atoms with van der Waals surface area (Å²) < 4.78 is 5.77. The van der Waals surface area contributed by atoms with Gasteiger partial charge in [-0.1, -0.05) is 60.7 Å². The quantitative estimate of drug-likeness (QED) is 0.789. The van der Waals surface area contributed by atoms with Crippen molar-refractivity contribution in [1.82, 2.24) is 5.32 Å². The average molecular weight is 317 g/mol. The van der Waals surface area contributed by atoms with E-state index >= 15 is 0 Å². The first-order chi connectivity index (χ1) is 11.8. The Bertz CT molecular complexity index is 882. The predicted molar refractivity (Wildman–Crippen MR) is 95.1 cm³/mol. The lowest BCUT2D eigenvalue weighted by Crippen LogP contribution is -2.31. The van der Waals surface area contributed by atoms with E-state index in [0.717, 1.165) is 29.4 Å². The van der Waals surface area contributed by atoms with E-state index in [-0.39, 0.29) is 18.6 Å². The van der Waals surface area contributed by atoms with Crippen LogP contribution in [0, 0.1) is 0 Å². The number of benzene rings is 3. The van der Waals surface area contributed by atoms with Gasteiger partial charge in [0.15, 0.2) is 6.61 Å². The minimum absolute atomic E-state index is 0.0344. The number of ether oxygens (including phenoxy) is 1. The van der Waals surface area contributed by atoms with Gasteiger partial charge in [0, 0.05) is 5.39 Å². The Morgan fingerprint density at radius 3 is 2.75 bits per heavy atom. The van der Waals surface area contributed by atoms with Gasteiger partial charge in [-0.15, -0.1) is 0 Å². The van der Waals surface area contributed by atoms with Crippen LogP contribution in [0.2, 0.25) is 0 Å². The number of nitrogens with one attached hydrogen (secondary N) is 1. The number of fused-ring (bicyclic) bond motifs is 2. The Hall–Kier alpha value is -2.81. The molecule has 0 heterocycles. The summed E-state index contributed by atoms with van der Waals surface area (Å²) >= 11 is 0. The van der Waals surface area contributed by atoms with Crippen LogP contribution in [0.3, 0.4) is 0 Å². The number of rotatable bonds is 4. The second-order valence-corrected chi connectivity index (χ2v) is 6.12. The molecule has 0 aliphatic heterocycles. The van der Waals surface area contributed by atoms with Crippen molar-refractivity contribution in [2.24, 2.45) is 0 Å². The van der Waals surface area contributed by atoms with Crippen LogP contribution < -0.4 is 10.1 Å². The van der Waals surface area contributed by atoms with E-state index < -0.39 is 0 Å². The molecule has 0 aromatic heterocycles. The van der Waals surface area contributed by atoms with Crippen LogP contribution in [0.25, 0.3) is 10.8 Å². The SMILES string of the molecule is O=C(COc1cccc2ccccc12)NC1CCc2ccccc21. The number of hydrogen-bond donors (Lipinski definition) is 1. The van der Waals surface area contributed by atoms with Gasteiger partial charge in [-0.05, 0) is 35.4 Å². The molecule has 3 heteroatoms. The summed E-state index contributed by atoms with van der Waals surface area (Å²) in [5, 5.41) is 5.23. The van der Waals surface area contributed by atoms with E-state index in [2.05, 4.69) is 17.4 Å². The van der Waals surface area contributed by atoms with Crippen LogP contribution >= 0.6 is 0 Å². The van der Waals surface area contributed by atoms with E-state index in [0.29, 0.717) is 0 Å². The van der Waals surface area contributed by atoms with Gasteiger partial charge in [0.2, 0.25) is 0 Å². The van der Waals surface area contributed by atoms with Crippen molar-refractivity contribution in [3.05, 3.63) is 77.9 Å². The zero-order valence-corrected chi connectivity index (χ0v) is 13.4. The summed E-state index contributed by atoms with van der Waals surface area (Å²) in [6.07, 6.45) is 1.98. The summed E-state index contributed by atoms with van der Waals surface area (Å²) in [5.41, 5.74) is 2.56. The maximum absolute atomic E-state index is 12.3. The first-order valence-corrected chi connectivity index (χ1v) is 8.29. The summed E-state index contributed by atoms with van der Waals surface area (Å²) in [6, 6.07) is 22.3.